The Labute approximate surface area is 193 Å². The van der Waals surface area contributed by atoms with E-state index in [1.54, 1.807) is 50.4 Å². The molecule has 0 aromatic heterocycles. The van der Waals surface area contributed by atoms with Crippen molar-refractivity contribution in [1.29, 1.82) is 0 Å². The van der Waals surface area contributed by atoms with E-state index in [1.165, 1.54) is 5.56 Å². The first-order valence-corrected chi connectivity index (χ1v) is 10.9. The number of ether oxygens (including phenoxy) is 2. The summed E-state index contributed by atoms with van der Waals surface area (Å²) >= 11 is 0. The lowest BCUT2D eigenvalue weighted by molar-refractivity contribution is -0.137. The van der Waals surface area contributed by atoms with Crippen molar-refractivity contribution in [2.75, 3.05) is 24.3 Å². The number of nitrogens with zero attached hydrogens (tertiary/aromatic N) is 1. The van der Waals surface area contributed by atoms with E-state index in [9.17, 15) is 9.59 Å². The van der Waals surface area contributed by atoms with Crippen molar-refractivity contribution in [3.8, 4) is 11.5 Å². The minimum atomic E-state index is -0.572. The molecule has 0 radical (unpaired) electrons. The van der Waals surface area contributed by atoms with E-state index < -0.39 is 6.10 Å². The zero-order valence-electron chi connectivity index (χ0n) is 18.7. The first-order valence-electron chi connectivity index (χ1n) is 10.9. The Balaban J connectivity index is 1.45. The Morgan fingerprint density at radius 1 is 1.03 bits per heavy atom. The number of carbonyl (C=O) groups excluding carboxylic acids is 2. The molecule has 7 heteroatoms. The van der Waals surface area contributed by atoms with E-state index >= 15 is 0 Å². The molecule has 2 N–H and O–H groups in total. The molecular formula is C26H27N3O4. The second kappa shape index (κ2) is 10.1. The largest absolute Gasteiger partial charge is 0.497 e. The van der Waals surface area contributed by atoms with Crippen molar-refractivity contribution in [2.45, 2.75) is 26.0 Å². The standard InChI is InChI=1S/C26H27N3O4/c1-18-25(30)29(14-13-19-7-4-3-5-8-19)17-20-15-22(11-12-24(20)33-18)28-26(31)27-21-9-6-10-23(16-21)32-2/h3-12,15-16,18H,13-14,17H2,1-2H3,(H2,27,28,31)/t18-/m0/s1. The van der Waals surface area contributed by atoms with Crippen LogP contribution in [0, 0.1) is 0 Å². The number of hydrogen-bond acceptors (Lipinski definition) is 4. The summed E-state index contributed by atoms with van der Waals surface area (Å²) < 4.78 is 11.1. The molecule has 3 aromatic rings. The van der Waals surface area contributed by atoms with Gasteiger partial charge in [-0.15, -0.1) is 0 Å². The Bertz CT molecular complexity index is 1130. The molecule has 33 heavy (non-hydrogen) atoms. The number of hydrogen-bond donors (Lipinski definition) is 2. The molecule has 1 aliphatic heterocycles. The van der Waals surface area contributed by atoms with Gasteiger partial charge >= 0.3 is 6.03 Å². The maximum absolute atomic E-state index is 12.9. The topological polar surface area (TPSA) is 79.9 Å². The van der Waals surface area contributed by atoms with E-state index in [4.69, 9.17) is 9.47 Å². The summed E-state index contributed by atoms with van der Waals surface area (Å²) in [5, 5.41) is 5.64. The molecule has 0 spiro atoms. The lowest BCUT2D eigenvalue weighted by Crippen LogP contribution is -2.39. The molecular weight excluding hydrogens is 418 g/mol. The number of methoxy groups -OCH3 is 1. The van der Waals surface area contributed by atoms with Crippen LogP contribution in [0.3, 0.4) is 0 Å². The number of nitrogens with one attached hydrogen (secondary N) is 2. The van der Waals surface area contributed by atoms with E-state index in [1.807, 2.05) is 29.2 Å². The van der Waals surface area contributed by atoms with Gasteiger partial charge in [0.25, 0.3) is 5.91 Å². The highest BCUT2D eigenvalue weighted by atomic mass is 16.5. The predicted molar refractivity (Wildman–Crippen MR) is 128 cm³/mol. The molecule has 3 amide bonds. The van der Waals surface area contributed by atoms with Crippen molar-refractivity contribution < 1.29 is 19.1 Å². The van der Waals surface area contributed by atoms with Gasteiger partial charge in [-0.3, -0.25) is 4.79 Å². The predicted octanol–water partition coefficient (Wildman–Crippen LogP) is 4.69. The van der Waals surface area contributed by atoms with Gasteiger partial charge in [0.1, 0.15) is 11.5 Å². The van der Waals surface area contributed by atoms with Gasteiger partial charge in [0.15, 0.2) is 6.10 Å². The highest BCUT2D eigenvalue weighted by Crippen LogP contribution is 2.29. The summed E-state index contributed by atoms with van der Waals surface area (Å²) in [5.74, 6) is 1.26. The number of rotatable bonds is 6. The molecule has 3 aromatic carbocycles. The number of amides is 3. The summed E-state index contributed by atoms with van der Waals surface area (Å²) in [6.45, 7) is 2.77. The number of fused-ring (bicyclic) bond motifs is 1. The molecule has 1 atom stereocenters. The minimum absolute atomic E-state index is 0.0487. The Morgan fingerprint density at radius 3 is 2.55 bits per heavy atom. The zero-order valence-corrected chi connectivity index (χ0v) is 18.7. The van der Waals surface area contributed by atoms with Gasteiger partial charge in [0.05, 0.1) is 7.11 Å². The SMILES string of the molecule is COc1cccc(NC(=O)Nc2ccc3c(c2)CN(CCc2ccccc2)C(=O)[C@H](C)O3)c1. The normalized spacial score (nSPS) is 15.2. The second-order valence-electron chi connectivity index (χ2n) is 7.89. The van der Waals surface area contributed by atoms with E-state index in [0.717, 1.165) is 12.0 Å². The molecule has 0 fully saturated rings. The molecule has 0 unspecified atom stereocenters. The Morgan fingerprint density at radius 2 is 1.79 bits per heavy atom. The molecule has 0 saturated heterocycles. The average Bonchev–Trinajstić information content (AvgIpc) is 2.94. The molecule has 1 aliphatic rings. The fourth-order valence-corrected chi connectivity index (χ4v) is 3.77. The molecule has 170 valence electrons. The van der Waals surface area contributed by atoms with Crippen molar-refractivity contribution in [2.24, 2.45) is 0 Å². The van der Waals surface area contributed by atoms with Crippen LogP contribution < -0.4 is 20.1 Å². The number of urea groups is 1. The molecule has 1 heterocycles. The van der Waals surface area contributed by atoms with Crippen LogP contribution in [0.25, 0.3) is 0 Å². The fraction of sp³-hybridized carbons (Fsp3) is 0.231. The lowest BCUT2D eigenvalue weighted by atomic mass is 10.1. The van der Waals surface area contributed by atoms with Crippen molar-refractivity contribution >= 4 is 23.3 Å². The van der Waals surface area contributed by atoms with E-state index in [0.29, 0.717) is 36.0 Å². The van der Waals surface area contributed by atoms with Gasteiger partial charge in [-0.2, -0.15) is 0 Å². The monoisotopic (exact) mass is 445 g/mol. The van der Waals surface area contributed by atoms with Gasteiger partial charge in [-0.05, 0) is 49.2 Å². The third-order valence-electron chi connectivity index (χ3n) is 5.48. The van der Waals surface area contributed by atoms with Crippen molar-refractivity contribution in [3.63, 3.8) is 0 Å². The number of benzene rings is 3. The lowest BCUT2D eigenvalue weighted by Gasteiger charge is -2.22. The first-order chi connectivity index (χ1) is 16.0. The van der Waals surface area contributed by atoms with E-state index in [2.05, 4.69) is 22.8 Å². The van der Waals surface area contributed by atoms with Crippen LogP contribution in [0.5, 0.6) is 11.5 Å². The van der Waals surface area contributed by atoms with Crippen LogP contribution in [0.1, 0.15) is 18.1 Å². The van der Waals surface area contributed by atoms with Crippen LogP contribution in [0.4, 0.5) is 16.2 Å². The van der Waals surface area contributed by atoms with E-state index in [-0.39, 0.29) is 11.9 Å². The first kappa shape index (κ1) is 22.2. The van der Waals surface area contributed by atoms with Gasteiger partial charge in [0.2, 0.25) is 0 Å². The highest BCUT2D eigenvalue weighted by Gasteiger charge is 2.27. The summed E-state index contributed by atoms with van der Waals surface area (Å²) in [6.07, 6.45) is 0.187. The smallest absolute Gasteiger partial charge is 0.323 e. The van der Waals surface area contributed by atoms with Crippen LogP contribution in [-0.2, 0) is 17.8 Å². The Hall–Kier alpha value is -4.00. The van der Waals surface area contributed by atoms with Crippen molar-refractivity contribution in [1.82, 2.24) is 4.90 Å². The fourth-order valence-electron chi connectivity index (χ4n) is 3.77. The van der Waals surface area contributed by atoms with Crippen molar-refractivity contribution in [3.05, 3.63) is 83.9 Å². The zero-order chi connectivity index (χ0) is 23.2. The van der Waals surface area contributed by atoms with Gasteiger partial charge in [-0.25, -0.2) is 4.79 Å². The molecule has 0 aliphatic carbocycles. The van der Waals surface area contributed by atoms with Crippen LogP contribution in [-0.4, -0.2) is 36.6 Å². The maximum atomic E-state index is 12.9. The highest BCUT2D eigenvalue weighted by molar-refractivity contribution is 6.00. The van der Waals surface area contributed by atoms with Crippen LogP contribution in [0.15, 0.2) is 72.8 Å². The molecule has 7 nitrogen and oxygen atoms in total. The molecule has 0 bridgehead atoms. The van der Waals surface area contributed by atoms with Gasteiger partial charge in [-0.1, -0.05) is 36.4 Å². The van der Waals surface area contributed by atoms with Crippen LogP contribution >= 0.6 is 0 Å². The second-order valence-corrected chi connectivity index (χ2v) is 7.89. The number of anilines is 2. The third kappa shape index (κ3) is 5.63. The van der Waals surface area contributed by atoms with Crippen LogP contribution in [0.2, 0.25) is 0 Å². The summed E-state index contributed by atoms with van der Waals surface area (Å²) in [6, 6.07) is 22.2. The maximum Gasteiger partial charge on any atom is 0.323 e. The summed E-state index contributed by atoms with van der Waals surface area (Å²) in [5.41, 5.74) is 3.26. The van der Waals surface area contributed by atoms with Gasteiger partial charge < -0.3 is 25.0 Å². The molecule has 4 rings (SSSR count). The quantitative estimate of drug-likeness (QED) is 0.577. The summed E-state index contributed by atoms with van der Waals surface area (Å²) in [7, 11) is 1.58. The Kier molecular flexibility index (Phi) is 6.78. The number of carbonyl (C=O) groups is 2. The third-order valence-corrected chi connectivity index (χ3v) is 5.48. The minimum Gasteiger partial charge on any atom is -0.497 e. The average molecular weight is 446 g/mol. The summed E-state index contributed by atoms with van der Waals surface area (Å²) in [4.78, 5) is 27.2. The molecule has 0 saturated carbocycles. The van der Waals surface area contributed by atoms with Gasteiger partial charge in [0, 0.05) is 36.1 Å².